The van der Waals surface area contributed by atoms with Crippen molar-refractivity contribution >= 4 is 28.6 Å². The van der Waals surface area contributed by atoms with Gasteiger partial charge >= 0.3 is 0 Å². The number of unbranched alkanes of at least 4 members (excludes halogenated alkanes) is 1. The molecule has 2 fully saturated rings. The summed E-state index contributed by atoms with van der Waals surface area (Å²) in [5.74, 6) is 0.810. The monoisotopic (exact) mass is 684 g/mol. The summed E-state index contributed by atoms with van der Waals surface area (Å²) in [6.07, 6.45) is 3.98. The van der Waals surface area contributed by atoms with Crippen molar-refractivity contribution in [3.63, 3.8) is 0 Å². The number of benzene rings is 4. The van der Waals surface area contributed by atoms with Crippen molar-refractivity contribution in [2.24, 2.45) is 0 Å². The Kier molecular flexibility index (Phi) is 10.8. The standard InChI is InChI=1S/C43H48N4O4/c1-2-39(31-8-4-3-5-9-31)42(33-12-17-37(48)18-13-33)32-10-15-36(16-11-32)46-25-23-45(24-26-46)22-6-7-27-51-38-19-14-34-29-47(30-35(34)28-38)40-20-21-41(49)44-43(40)50/h3-5,8-19,28,40,48H,2,6-7,20-27,29-30H2,1H3,(H,44,49,50). The molecule has 4 aromatic carbocycles. The number of nitrogens with zero attached hydrogens (tertiary/aromatic N) is 3. The smallest absolute Gasteiger partial charge is 0.243 e. The van der Waals surface area contributed by atoms with Gasteiger partial charge in [0, 0.05) is 51.4 Å². The van der Waals surface area contributed by atoms with Gasteiger partial charge in [-0.05, 0) is 108 Å². The number of anilines is 1. The molecule has 0 bridgehead atoms. The van der Waals surface area contributed by atoms with E-state index >= 15 is 0 Å². The molecule has 3 aliphatic rings. The summed E-state index contributed by atoms with van der Waals surface area (Å²) in [6, 6.07) is 33.2. The van der Waals surface area contributed by atoms with Crippen LogP contribution in [0, 0.1) is 0 Å². The number of nitrogens with one attached hydrogen (secondary N) is 1. The molecule has 2 saturated heterocycles. The summed E-state index contributed by atoms with van der Waals surface area (Å²) in [6.45, 7) is 9.51. The number of allylic oxidation sites excluding steroid dienone is 1. The third kappa shape index (κ3) is 8.19. The Bertz CT molecular complexity index is 1850. The molecule has 1 unspecified atom stereocenters. The van der Waals surface area contributed by atoms with Gasteiger partial charge in [0.1, 0.15) is 11.5 Å². The molecule has 0 aromatic heterocycles. The zero-order chi connectivity index (χ0) is 35.2. The predicted octanol–water partition coefficient (Wildman–Crippen LogP) is 6.86. The Morgan fingerprint density at radius 3 is 2.22 bits per heavy atom. The summed E-state index contributed by atoms with van der Waals surface area (Å²) in [7, 11) is 0. The van der Waals surface area contributed by atoms with Crippen LogP contribution in [0.25, 0.3) is 11.1 Å². The Labute approximate surface area is 301 Å². The average Bonchev–Trinajstić information content (AvgIpc) is 3.58. The molecule has 2 amide bonds. The van der Waals surface area contributed by atoms with E-state index in [-0.39, 0.29) is 23.6 Å². The summed E-state index contributed by atoms with van der Waals surface area (Å²) >= 11 is 0. The molecule has 0 radical (unpaired) electrons. The molecule has 4 aromatic rings. The number of amides is 2. The Hall–Kier alpha value is -4.92. The number of hydrogen-bond donors (Lipinski definition) is 2. The second-order valence-corrected chi connectivity index (χ2v) is 13.9. The molecule has 1 atom stereocenters. The van der Waals surface area contributed by atoms with Crippen molar-refractivity contribution in [1.29, 1.82) is 0 Å². The van der Waals surface area contributed by atoms with Crippen molar-refractivity contribution in [2.45, 2.75) is 58.2 Å². The predicted molar refractivity (Wildman–Crippen MR) is 202 cm³/mol. The van der Waals surface area contributed by atoms with Crippen molar-refractivity contribution in [3.05, 3.63) is 125 Å². The number of phenols is 1. The van der Waals surface area contributed by atoms with Crippen LogP contribution in [-0.4, -0.2) is 72.1 Å². The number of carbonyl (C=O) groups is 2. The fraction of sp³-hybridized carbons (Fsp3) is 0.349. The van der Waals surface area contributed by atoms with Crippen LogP contribution in [0.5, 0.6) is 11.5 Å². The van der Waals surface area contributed by atoms with Crippen LogP contribution in [-0.2, 0) is 22.7 Å². The molecule has 2 N–H and O–H groups in total. The molecule has 0 aliphatic carbocycles. The number of fused-ring (bicyclic) bond motifs is 1. The van der Waals surface area contributed by atoms with Crippen molar-refractivity contribution in [3.8, 4) is 11.5 Å². The van der Waals surface area contributed by atoms with E-state index in [2.05, 4.69) is 93.7 Å². The van der Waals surface area contributed by atoms with E-state index in [0.717, 1.165) is 69.8 Å². The number of carbonyl (C=O) groups excluding carboxylic acids is 2. The van der Waals surface area contributed by atoms with Crippen molar-refractivity contribution < 1.29 is 19.4 Å². The third-order valence-electron chi connectivity index (χ3n) is 10.5. The Morgan fingerprint density at radius 2 is 1.51 bits per heavy atom. The van der Waals surface area contributed by atoms with Crippen LogP contribution in [0.1, 0.15) is 66.8 Å². The van der Waals surface area contributed by atoms with Crippen molar-refractivity contribution in [1.82, 2.24) is 15.1 Å². The van der Waals surface area contributed by atoms with Gasteiger partial charge in [0.25, 0.3) is 0 Å². The number of piperidine rings is 1. The van der Waals surface area contributed by atoms with Gasteiger partial charge in [0.2, 0.25) is 11.8 Å². The second kappa shape index (κ2) is 16.0. The fourth-order valence-corrected chi connectivity index (χ4v) is 7.74. The van der Waals surface area contributed by atoms with E-state index in [4.69, 9.17) is 4.74 Å². The maximum atomic E-state index is 12.3. The summed E-state index contributed by atoms with van der Waals surface area (Å²) in [5, 5.41) is 12.4. The van der Waals surface area contributed by atoms with Gasteiger partial charge in [-0.25, -0.2) is 0 Å². The third-order valence-corrected chi connectivity index (χ3v) is 10.5. The first-order valence-corrected chi connectivity index (χ1v) is 18.4. The maximum absolute atomic E-state index is 12.3. The number of rotatable bonds is 12. The van der Waals surface area contributed by atoms with E-state index in [0.29, 0.717) is 26.0 Å². The van der Waals surface area contributed by atoms with Crippen LogP contribution in [0.15, 0.2) is 97.1 Å². The molecule has 51 heavy (non-hydrogen) atoms. The lowest BCUT2D eigenvalue weighted by molar-refractivity contribution is -0.137. The van der Waals surface area contributed by atoms with Crippen LogP contribution in [0.2, 0.25) is 0 Å². The van der Waals surface area contributed by atoms with Crippen molar-refractivity contribution in [2.75, 3.05) is 44.2 Å². The number of hydrogen-bond acceptors (Lipinski definition) is 7. The first-order chi connectivity index (χ1) is 24.9. The highest BCUT2D eigenvalue weighted by molar-refractivity contribution is 6.00. The van der Waals surface area contributed by atoms with Crippen LogP contribution < -0.4 is 15.0 Å². The van der Waals surface area contributed by atoms with E-state index in [9.17, 15) is 14.7 Å². The fourth-order valence-electron chi connectivity index (χ4n) is 7.74. The number of phenolic OH excluding ortho intramolecular Hbond substituents is 1. The average molecular weight is 685 g/mol. The first-order valence-electron chi connectivity index (χ1n) is 18.4. The molecule has 264 valence electrons. The topological polar surface area (TPSA) is 85.3 Å². The van der Waals surface area contributed by atoms with Crippen LogP contribution >= 0.6 is 0 Å². The molecule has 8 nitrogen and oxygen atoms in total. The highest BCUT2D eigenvalue weighted by atomic mass is 16.5. The SMILES string of the molecule is CCC(=C(c1ccc(O)cc1)c1ccc(N2CCN(CCCCOc3ccc4c(c3)CN(C3CCC(=O)NC3=O)C4)CC2)cc1)c1ccccc1. The normalized spacial score (nSPS) is 18.7. The van der Waals surface area contributed by atoms with E-state index in [1.807, 2.05) is 18.2 Å². The van der Waals surface area contributed by atoms with Gasteiger partial charge in [-0.3, -0.25) is 24.7 Å². The molecule has 3 aliphatic heterocycles. The van der Waals surface area contributed by atoms with Gasteiger partial charge in [-0.15, -0.1) is 0 Å². The number of ether oxygens (including phenoxy) is 1. The van der Waals surface area contributed by atoms with Gasteiger partial charge < -0.3 is 14.7 Å². The van der Waals surface area contributed by atoms with Crippen LogP contribution in [0.3, 0.4) is 0 Å². The maximum Gasteiger partial charge on any atom is 0.243 e. The lowest BCUT2D eigenvalue weighted by Gasteiger charge is -2.36. The Morgan fingerprint density at radius 1 is 0.804 bits per heavy atom. The van der Waals surface area contributed by atoms with Gasteiger partial charge in [-0.1, -0.05) is 67.6 Å². The largest absolute Gasteiger partial charge is 0.508 e. The molecule has 3 heterocycles. The highest BCUT2D eigenvalue weighted by Gasteiger charge is 2.34. The lowest BCUT2D eigenvalue weighted by atomic mass is 9.88. The zero-order valence-corrected chi connectivity index (χ0v) is 29.5. The molecular formula is C43H48N4O4. The Balaban J connectivity index is 0.878. The van der Waals surface area contributed by atoms with E-state index in [1.165, 1.54) is 39.1 Å². The van der Waals surface area contributed by atoms with E-state index < -0.39 is 0 Å². The molecular weight excluding hydrogens is 636 g/mol. The van der Waals surface area contributed by atoms with Gasteiger partial charge in [0.15, 0.2) is 0 Å². The van der Waals surface area contributed by atoms with Crippen LogP contribution in [0.4, 0.5) is 5.69 Å². The molecule has 0 saturated carbocycles. The molecule has 8 heteroatoms. The number of piperazine rings is 1. The minimum atomic E-state index is -0.241. The minimum absolute atomic E-state index is 0.173. The molecule has 7 rings (SSSR count). The lowest BCUT2D eigenvalue weighted by Crippen LogP contribution is -2.50. The molecule has 0 spiro atoms. The van der Waals surface area contributed by atoms with Gasteiger partial charge in [-0.2, -0.15) is 0 Å². The first kappa shape index (κ1) is 34.5. The summed E-state index contributed by atoms with van der Waals surface area (Å²) < 4.78 is 6.13. The summed E-state index contributed by atoms with van der Waals surface area (Å²) in [5.41, 5.74) is 9.69. The number of aromatic hydroxyl groups is 1. The quantitative estimate of drug-likeness (QED) is 0.0958. The number of imide groups is 1. The van der Waals surface area contributed by atoms with Gasteiger partial charge in [0.05, 0.1) is 12.6 Å². The van der Waals surface area contributed by atoms with E-state index in [1.54, 1.807) is 12.1 Å². The summed E-state index contributed by atoms with van der Waals surface area (Å²) in [4.78, 5) is 31.1. The zero-order valence-electron chi connectivity index (χ0n) is 29.5. The minimum Gasteiger partial charge on any atom is -0.508 e. The second-order valence-electron chi connectivity index (χ2n) is 13.9. The highest BCUT2D eigenvalue weighted by Crippen LogP contribution is 2.36.